The highest BCUT2D eigenvalue weighted by Crippen LogP contribution is 2.35. The molecule has 0 spiro atoms. The van der Waals surface area contributed by atoms with Crippen molar-refractivity contribution in [2.75, 3.05) is 0 Å². The number of carbonyl (C=O) groups is 1. The van der Waals surface area contributed by atoms with Crippen LogP contribution in [0.15, 0.2) is 47.2 Å². The van der Waals surface area contributed by atoms with Gasteiger partial charge in [0.1, 0.15) is 6.10 Å². The van der Waals surface area contributed by atoms with E-state index in [0.717, 1.165) is 33.4 Å². The number of allylic oxidation sites excluding steroid dienone is 3. The van der Waals surface area contributed by atoms with Crippen LogP contribution in [-0.2, 0) is 25.7 Å². The van der Waals surface area contributed by atoms with Crippen LogP contribution in [0.4, 0.5) is 0 Å². The fourth-order valence-electron chi connectivity index (χ4n) is 4.71. The lowest BCUT2D eigenvalue weighted by Gasteiger charge is -2.31. The lowest BCUT2D eigenvalue weighted by Crippen LogP contribution is -2.38. The first-order chi connectivity index (χ1) is 17.1. The molecule has 0 radical (unpaired) electrons. The third-order valence-electron chi connectivity index (χ3n) is 6.85. The van der Waals surface area contributed by atoms with Gasteiger partial charge in [-0.3, -0.25) is 4.79 Å². The molecule has 2 rings (SSSR count). The average Bonchev–Trinajstić information content (AvgIpc) is 2.77. The summed E-state index contributed by atoms with van der Waals surface area (Å²) in [6.45, 7) is 20.6. The summed E-state index contributed by atoms with van der Waals surface area (Å²) in [4.78, 5) is 13.1. The van der Waals surface area contributed by atoms with Crippen LogP contribution in [0.1, 0.15) is 109 Å². The molecular weight excluding hydrogens is 484 g/mol. The molecule has 7 heteroatoms. The van der Waals surface area contributed by atoms with Gasteiger partial charge in [-0.1, -0.05) is 93.5 Å². The van der Waals surface area contributed by atoms with E-state index < -0.39 is 22.3 Å². The molecule has 206 valence electrons. The monoisotopic (exact) mass is 530 g/mol. The van der Waals surface area contributed by atoms with Gasteiger partial charge in [0.2, 0.25) is 5.91 Å². The number of rotatable bonds is 10. The van der Waals surface area contributed by atoms with Crippen molar-refractivity contribution in [3.8, 4) is 0 Å². The summed E-state index contributed by atoms with van der Waals surface area (Å²) in [5, 5.41) is 0. The van der Waals surface area contributed by atoms with Crippen LogP contribution in [0, 0.1) is 11.8 Å². The second kappa shape index (κ2) is 12.4. The van der Waals surface area contributed by atoms with E-state index in [2.05, 4.69) is 58.4 Å². The average molecular weight is 531 g/mol. The normalized spacial score (nSPS) is 16.6. The van der Waals surface area contributed by atoms with Crippen molar-refractivity contribution in [1.29, 1.82) is 0 Å². The Morgan fingerprint density at radius 2 is 1.32 bits per heavy atom. The van der Waals surface area contributed by atoms with Gasteiger partial charge < -0.3 is 5.73 Å². The maximum atomic E-state index is 13.1. The molecule has 1 aromatic carbocycles. The number of benzene rings is 1. The first kappa shape index (κ1) is 30.8. The molecule has 1 aliphatic rings. The molecule has 0 heterocycles. The lowest BCUT2D eigenvalue weighted by atomic mass is 9.82. The number of nitrogens with two attached hydrogens (primary N) is 1. The minimum Gasteiger partial charge on any atom is -0.404 e. The van der Waals surface area contributed by atoms with Gasteiger partial charge in [0, 0.05) is 6.20 Å². The Kier molecular flexibility index (Phi) is 10.4. The van der Waals surface area contributed by atoms with Crippen molar-refractivity contribution >= 4 is 16.2 Å². The molecular formula is C30H46N2O4S. The van der Waals surface area contributed by atoms with Gasteiger partial charge in [-0.05, 0) is 68.6 Å². The zero-order chi connectivity index (χ0) is 28.2. The van der Waals surface area contributed by atoms with Crippen LogP contribution < -0.4 is 10.5 Å². The van der Waals surface area contributed by atoms with E-state index in [0.29, 0.717) is 5.92 Å². The zero-order valence-corrected chi connectivity index (χ0v) is 25.0. The van der Waals surface area contributed by atoms with E-state index in [1.165, 1.54) is 11.8 Å². The molecule has 6 nitrogen and oxygen atoms in total. The molecule has 1 aromatic rings. The third-order valence-corrected chi connectivity index (χ3v) is 7.77. The first-order valence-electron chi connectivity index (χ1n) is 13.3. The van der Waals surface area contributed by atoms with Gasteiger partial charge in [-0.15, -0.1) is 0 Å². The second-order valence-electron chi connectivity index (χ2n) is 11.5. The summed E-state index contributed by atoms with van der Waals surface area (Å²) in [5.74, 6) is 0.172. The van der Waals surface area contributed by atoms with E-state index in [1.54, 1.807) is 0 Å². The van der Waals surface area contributed by atoms with Crippen molar-refractivity contribution < 1.29 is 17.4 Å². The topological polar surface area (TPSA) is 98.5 Å². The molecule has 1 amide bonds. The largest absolute Gasteiger partial charge is 0.404 e. The molecule has 0 bridgehead atoms. The Labute approximate surface area is 224 Å². The summed E-state index contributed by atoms with van der Waals surface area (Å²) >= 11 is 0. The van der Waals surface area contributed by atoms with Crippen LogP contribution in [0.25, 0.3) is 0 Å². The predicted molar refractivity (Wildman–Crippen MR) is 152 cm³/mol. The molecule has 3 N–H and O–H groups in total. The van der Waals surface area contributed by atoms with Crippen LogP contribution >= 0.6 is 0 Å². The Bertz CT molecular complexity index is 1130. The maximum absolute atomic E-state index is 13.1. The Hall–Kier alpha value is -2.38. The molecule has 0 unspecified atom stereocenters. The number of hydrogen-bond acceptors (Lipinski definition) is 5. The molecule has 0 saturated carbocycles. The summed E-state index contributed by atoms with van der Waals surface area (Å²) in [7, 11) is -4.38. The summed E-state index contributed by atoms with van der Waals surface area (Å²) in [6, 6.07) is 4.30. The van der Waals surface area contributed by atoms with Crippen LogP contribution in [0.2, 0.25) is 0 Å². The van der Waals surface area contributed by atoms with Crippen molar-refractivity contribution in [2.45, 2.75) is 99.5 Å². The molecule has 0 saturated heterocycles. The summed E-state index contributed by atoms with van der Waals surface area (Å²) in [5.41, 5.74) is 12.4. The number of hydrogen-bond donors (Lipinski definition) is 2. The molecule has 37 heavy (non-hydrogen) atoms. The van der Waals surface area contributed by atoms with Crippen molar-refractivity contribution in [1.82, 2.24) is 4.72 Å². The lowest BCUT2D eigenvalue weighted by molar-refractivity contribution is -0.118. The maximum Gasteiger partial charge on any atom is 0.363 e. The quantitative estimate of drug-likeness (QED) is 0.366. The molecule has 0 fully saturated rings. The van der Waals surface area contributed by atoms with Gasteiger partial charge in [-0.25, -0.2) is 8.91 Å². The molecule has 0 aromatic heterocycles. The predicted octanol–water partition coefficient (Wildman–Crippen LogP) is 6.37. The highest BCUT2D eigenvalue weighted by Gasteiger charge is 2.33. The Morgan fingerprint density at radius 1 is 0.865 bits per heavy atom. The van der Waals surface area contributed by atoms with Crippen molar-refractivity contribution in [3.63, 3.8) is 0 Å². The van der Waals surface area contributed by atoms with Gasteiger partial charge in [-0.2, -0.15) is 8.42 Å². The third kappa shape index (κ3) is 7.81. The minimum atomic E-state index is -4.38. The molecule has 0 atom stereocenters. The smallest absolute Gasteiger partial charge is 0.363 e. The van der Waals surface area contributed by atoms with Crippen LogP contribution in [0.5, 0.6) is 0 Å². The van der Waals surface area contributed by atoms with Gasteiger partial charge >= 0.3 is 10.3 Å². The van der Waals surface area contributed by atoms with Gasteiger partial charge in [0.15, 0.2) is 0 Å². The molecule has 0 aliphatic heterocycles. The fraction of sp³-hybridized carbons (Fsp3) is 0.567. The van der Waals surface area contributed by atoms with E-state index in [4.69, 9.17) is 9.92 Å². The second-order valence-corrected chi connectivity index (χ2v) is 12.8. The van der Waals surface area contributed by atoms with Crippen molar-refractivity contribution in [3.05, 3.63) is 69.5 Å². The zero-order valence-electron chi connectivity index (χ0n) is 24.2. The minimum absolute atomic E-state index is 0.0231. The summed E-state index contributed by atoms with van der Waals surface area (Å²) < 4.78 is 34.1. The fourth-order valence-corrected chi connectivity index (χ4v) is 5.59. The van der Waals surface area contributed by atoms with Gasteiger partial charge in [0.25, 0.3) is 0 Å². The van der Waals surface area contributed by atoms with Crippen LogP contribution in [-0.4, -0.2) is 20.4 Å². The van der Waals surface area contributed by atoms with E-state index >= 15 is 0 Å². The first-order valence-corrected chi connectivity index (χ1v) is 14.7. The highest BCUT2D eigenvalue weighted by atomic mass is 32.2. The SMILES string of the molecule is CC(C)C1=CC(=CN)C=C(C(C)C)C1OS(=O)(=O)NC(=O)Cc1c(C(C)C)cc(C(C)C)cc1C(C)C. The van der Waals surface area contributed by atoms with E-state index in [9.17, 15) is 13.2 Å². The van der Waals surface area contributed by atoms with E-state index in [1.807, 2.05) is 39.8 Å². The Morgan fingerprint density at radius 3 is 1.68 bits per heavy atom. The number of amides is 1. The van der Waals surface area contributed by atoms with Gasteiger partial charge in [0.05, 0.1) is 6.42 Å². The standard InChI is InChI=1S/C30H46N2O4S/c1-17(2)23-13-24(18(3)4)28(25(14-23)19(5)6)15-29(33)32-37(34,35)36-30-26(20(7)8)11-22(16-31)12-27(30)21(9)10/h11-14,16-21,30H,15,31H2,1-10H3,(H,32,33). The van der Waals surface area contributed by atoms with E-state index in [-0.39, 0.29) is 30.1 Å². The molecule has 1 aliphatic carbocycles. The van der Waals surface area contributed by atoms with Crippen molar-refractivity contribution in [2.24, 2.45) is 17.6 Å². The summed E-state index contributed by atoms with van der Waals surface area (Å²) in [6.07, 6.45) is 4.39. The Balaban J connectivity index is 2.38. The highest BCUT2D eigenvalue weighted by molar-refractivity contribution is 7.85. The number of nitrogens with one attached hydrogen (secondary N) is 1. The van der Waals surface area contributed by atoms with Crippen LogP contribution in [0.3, 0.4) is 0 Å². The number of carbonyl (C=O) groups excluding carboxylic acids is 1.